The van der Waals surface area contributed by atoms with Gasteiger partial charge in [-0.05, 0) is 18.1 Å². The molecular weight excluding hydrogens is 291 g/mol. The molecule has 0 fully saturated rings. The van der Waals surface area contributed by atoms with Crippen LogP contribution in [0.15, 0.2) is 21.0 Å². The second-order valence-corrected chi connectivity index (χ2v) is 4.98. The summed E-state index contributed by atoms with van der Waals surface area (Å²) >= 11 is 3.18. The summed E-state index contributed by atoms with van der Waals surface area (Å²) in [4.78, 5) is 11.1. The number of carboxylic acid groups (broad SMARTS) is 1. The number of hydrogen-bond donors (Lipinski definition) is 1. The molecule has 0 aliphatic carbocycles. The van der Waals surface area contributed by atoms with E-state index in [-0.39, 0.29) is 17.3 Å². The fourth-order valence-electron chi connectivity index (χ4n) is 1.88. The van der Waals surface area contributed by atoms with Gasteiger partial charge in [0.1, 0.15) is 0 Å². The first-order valence-electron chi connectivity index (χ1n) is 5.06. The smallest absolute Gasteiger partial charge is 0.372 e. The fraction of sp³-hybridized carbons (Fsp3) is 0.250. The number of carboxylic acids is 1. The van der Waals surface area contributed by atoms with Crippen molar-refractivity contribution in [1.29, 1.82) is 0 Å². The molecule has 0 radical (unpaired) electrons. The maximum absolute atomic E-state index is 13.7. The maximum atomic E-state index is 13.7. The number of fused-ring (bicyclic) bond motifs is 1. The number of hydrogen-bond acceptors (Lipinski definition) is 2. The summed E-state index contributed by atoms with van der Waals surface area (Å²) in [6.45, 7) is 3.69. The summed E-state index contributed by atoms with van der Waals surface area (Å²) in [5.41, 5.74) is 0.516. The summed E-state index contributed by atoms with van der Waals surface area (Å²) in [7, 11) is 0. The van der Waals surface area contributed by atoms with Gasteiger partial charge in [0, 0.05) is 15.4 Å². The highest BCUT2D eigenvalue weighted by Gasteiger charge is 2.24. The Morgan fingerprint density at radius 2 is 2.12 bits per heavy atom. The third kappa shape index (κ3) is 1.95. The number of furan rings is 1. The van der Waals surface area contributed by atoms with Crippen molar-refractivity contribution in [1.82, 2.24) is 0 Å². The van der Waals surface area contributed by atoms with E-state index in [9.17, 15) is 9.18 Å². The van der Waals surface area contributed by atoms with E-state index in [1.165, 1.54) is 6.07 Å². The summed E-state index contributed by atoms with van der Waals surface area (Å²) in [6.07, 6.45) is 0. The zero-order valence-corrected chi connectivity index (χ0v) is 10.8. The van der Waals surface area contributed by atoms with E-state index in [4.69, 9.17) is 9.52 Å². The van der Waals surface area contributed by atoms with Gasteiger partial charge in [0.05, 0.1) is 0 Å². The Morgan fingerprint density at radius 1 is 1.47 bits per heavy atom. The third-order valence-corrected chi connectivity index (χ3v) is 2.98. The Bertz CT molecular complexity index is 601. The van der Waals surface area contributed by atoms with Gasteiger partial charge in [-0.25, -0.2) is 9.18 Å². The molecule has 0 aliphatic rings. The van der Waals surface area contributed by atoms with Crippen molar-refractivity contribution in [3.63, 3.8) is 0 Å². The molecule has 1 heterocycles. The minimum absolute atomic E-state index is 0.00528. The number of aromatic carboxylic acids is 1. The Balaban J connectivity index is 2.90. The van der Waals surface area contributed by atoms with Crippen molar-refractivity contribution in [2.24, 2.45) is 0 Å². The zero-order chi connectivity index (χ0) is 12.7. The standard InChI is InChI=1S/C12H10BrFO3/c1-5(2)9-7-3-6(13)4-8(14)10(7)17-11(9)12(15)16/h3-5H,1-2H3,(H,15,16). The van der Waals surface area contributed by atoms with Crippen LogP contribution in [0.3, 0.4) is 0 Å². The highest BCUT2D eigenvalue weighted by Crippen LogP contribution is 2.35. The van der Waals surface area contributed by atoms with Gasteiger partial charge in [0.25, 0.3) is 0 Å². The minimum Gasteiger partial charge on any atom is -0.475 e. The molecule has 3 nitrogen and oxygen atoms in total. The molecular formula is C12H10BrFO3. The number of benzene rings is 1. The molecule has 2 aromatic rings. The van der Waals surface area contributed by atoms with Crippen LogP contribution in [0.5, 0.6) is 0 Å². The second kappa shape index (κ2) is 4.14. The van der Waals surface area contributed by atoms with Crippen molar-refractivity contribution in [2.45, 2.75) is 19.8 Å². The summed E-state index contributed by atoms with van der Waals surface area (Å²) in [5, 5.41) is 9.55. The van der Waals surface area contributed by atoms with Crippen LogP contribution in [0.4, 0.5) is 4.39 Å². The molecule has 0 bridgehead atoms. The van der Waals surface area contributed by atoms with Crippen LogP contribution in [0, 0.1) is 5.82 Å². The maximum Gasteiger partial charge on any atom is 0.372 e. The summed E-state index contributed by atoms with van der Waals surface area (Å²) in [6, 6.07) is 2.92. The molecule has 1 aromatic heterocycles. The van der Waals surface area contributed by atoms with E-state index in [1.54, 1.807) is 6.07 Å². The molecule has 0 saturated carbocycles. The second-order valence-electron chi connectivity index (χ2n) is 4.07. The van der Waals surface area contributed by atoms with Crippen LogP contribution in [0.1, 0.15) is 35.9 Å². The topological polar surface area (TPSA) is 50.4 Å². The van der Waals surface area contributed by atoms with Crippen molar-refractivity contribution in [3.05, 3.63) is 33.7 Å². The average Bonchev–Trinajstić information content (AvgIpc) is 2.56. The Labute approximate surface area is 105 Å². The summed E-state index contributed by atoms with van der Waals surface area (Å²) < 4.78 is 19.3. The highest BCUT2D eigenvalue weighted by atomic mass is 79.9. The van der Waals surface area contributed by atoms with E-state index >= 15 is 0 Å². The van der Waals surface area contributed by atoms with Crippen molar-refractivity contribution < 1.29 is 18.7 Å². The zero-order valence-electron chi connectivity index (χ0n) is 9.25. The lowest BCUT2D eigenvalue weighted by Gasteiger charge is -2.03. The molecule has 0 atom stereocenters. The van der Waals surface area contributed by atoms with Gasteiger partial charge in [-0.2, -0.15) is 0 Å². The molecule has 17 heavy (non-hydrogen) atoms. The molecule has 5 heteroatoms. The molecule has 1 aromatic carbocycles. The van der Waals surface area contributed by atoms with E-state index < -0.39 is 11.8 Å². The Hall–Kier alpha value is -1.36. The third-order valence-electron chi connectivity index (χ3n) is 2.52. The molecule has 0 aliphatic heterocycles. The predicted molar refractivity (Wildman–Crippen MR) is 64.9 cm³/mol. The average molecular weight is 301 g/mol. The van der Waals surface area contributed by atoms with E-state index in [0.717, 1.165) is 0 Å². The first-order valence-corrected chi connectivity index (χ1v) is 5.86. The van der Waals surface area contributed by atoms with E-state index in [1.807, 2.05) is 13.8 Å². The highest BCUT2D eigenvalue weighted by molar-refractivity contribution is 9.10. The van der Waals surface area contributed by atoms with Gasteiger partial charge >= 0.3 is 5.97 Å². The van der Waals surface area contributed by atoms with Gasteiger partial charge in [-0.1, -0.05) is 29.8 Å². The fourth-order valence-corrected chi connectivity index (χ4v) is 2.31. The predicted octanol–water partition coefficient (Wildman–Crippen LogP) is 4.16. The Kier molecular flexibility index (Phi) is 2.95. The van der Waals surface area contributed by atoms with Gasteiger partial charge in [0.15, 0.2) is 11.4 Å². The van der Waals surface area contributed by atoms with E-state index in [0.29, 0.717) is 15.4 Å². The quantitative estimate of drug-likeness (QED) is 0.906. The minimum atomic E-state index is -1.18. The van der Waals surface area contributed by atoms with E-state index in [2.05, 4.69) is 15.9 Å². The molecule has 90 valence electrons. The first kappa shape index (κ1) is 12.1. The molecule has 0 spiro atoms. The largest absolute Gasteiger partial charge is 0.475 e. The van der Waals surface area contributed by atoms with Crippen LogP contribution in [-0.4, -0.2) is 11.1 Å². The van der Waals surface area contributed by atoms with Crippen molar-refractivity contribution in [2.75, 3.05) is 0 Å². The van der Waals surface area contributed by atoms with Gasteiger partial charge in [-0.15, -0.1) is 0 Å². The molecule has 0 unspecified atom stereocenters. The monoisotopic (exact) mass is 300 g/mol. The first-order chi connectivity index (χ1) is 7.91. The van der Waals surface area contributed by atoms with Crippen LogP contribution < -0.4 is 0 Å². The number of halogens is 2. The van der Waals surface area contributed by atoms with Gasteiger partial charge < -0.3 is 9.52 Å². The van der Waals surface area contributed by atoms with Crippen molar-refractivity contribution in [3.8, 4) is 0 Å². The Morgan fingerprint density at radius 3 is 2.65 bits per heavy atom. The SMILES string of the molecule is CC(C)c1c(C(=O)O)oc2c(F)cc(Br)cc12. The molecule has 0 saturated heterocycles. The normalized spacial score (nSPS) is 11.4. The van der Waals surface area contributed by atoms with Gasteiger partial charge in [0.2, 0.25) is 5.76 Å². The lowest BCUT2D eigenvalue weighted by Crippen LogP contribution is -2.00. The molecule has 2 rings (SSSR count). The molecule has 1 N–H and O–H groups in total. The van der Waals surface area contributed by atoms with Crippen LogP contribution in [0.2, 0.25) is 0 Å². The van der Waals surface area contributed by atoms with Gasteiger partial charge in [-0.3, -0.25) is 0 Å². The van der Waals surface area contributed by atoms with Crippen LogP contribution in [0.25, 0.3) is 11.0 Å². The molecule has 0 amide bonds. The number of rotatable bonds is 2. The number of carbonyl (C=O) groups is 1. The lowest BCUT2D eigenvalue weighted by molar-refractivity contribution is 0.0662. The lowest BCUT2D eigenvalue weighted by atomic mass is 9.99. The van der Waals surface area contributed by atoms with Crippen LogP contribution >= 0.6 is 15.9 Å². The summed E-state index contributed by atoms with van der Waals surface area (Å²) in [5.74, 6) is -1.99. The van der Waals surface area contributed by atoms with Crippen molar-refractivity contribution >= 4 is 32.9 Å². The van der Waals surface area contributed by atoms with Crippen LogP contribution in [-0.2, 0) is 0 Å².